The molecule has 0 aliphatic carbocycles. The first-order valence-electron chi connectivity index (χ1n) is 10.8. The lowest BCUT2D eigenvalue weighted by atomic mass is 10.1. The zero-order valence-electron chi connectivity index (χ0n) is 18.6. The Hall–Kier alpha value is -3.59. The molecule has 1 amide bonds. The molecule has 2 N–H and O–H groups in total. The molecule has 9 heteroatoms. The van der Waals surface area contributed by atoms with Crippen LogP contribution < -0.4 is 4.74 Å². The molecule has 3 rings (SSSR count). The van der Waals surface area contributed by atoms with Gasteiger partial charge in [0.2, 0.25) is 5.76 Å². The second kappa shape index (κ2) is 11.3. The van der Waals surface area contributed by atoms with Gasteiger partial charge >= 0.3 is 5.97 Å². The lowest BCUT2D eigenvalue weighted by Crippen LogP contribution is -2.40. The topological polar surface area (TPSA) is 126 Å². The van der Waals surface area contributed by atoms with Crippen LogP contribution >= 0.6 is 0 Å². The normalized spacial score (nSPS) is 12.0. The zero-order chi connectivity index (χ0) is 23.8. The number of unbranched alkanes of at least 4 members (excludes halogenated alkanes) is 2. The van der Waals surface area contributed by atoms with Gasteiger partial charge in [-0.1, -0.05) is 23.4 Å². The molecule has 0 saturated carbocycles. The maximum absolute atomic E-state index is 13.2. The highest BCUT2D eigenvalue weighted by atomic mass is 16.5. The maximum Gasteiger partial charge on any atom is 0.303 e. The van der Waals surface area contributed by atoms with Crippen molar-refractivity contribution in [1.29, 1.82) is 0 Å². The number of amides is 1. The third-order valence-corrected chi connectivity index (χ3v) is 5.04. The Morgan fingerprint density at radius 2 is 1.88 bits per heavy atom. The quantitative estimate of drug-likeness (QED) is 0.301. The van der Waals surface area contributed by atoms with E-state index in [1.54, 1.807) is 50.2 Å². The van der Waals surface area contributed by atoms with Crippen molar-refractivity contribution >= 4 is 11.9 Å². The molecule has 3 aromatic rings. The van der Waals surface area contributed by atoms with Crippen LogP contribution in [0.1, 0.15) is 61.8 Å². The molecule has 1 unspecified atom stereocenters. The maximum atomic E-state index is 13.2. The van der Waals surface area contributed by atoms with E-state index >= 15 is 0 Å². The summed E-state index contributed by atoms with van der Waals surface area (Å²) >= 11 is 0. The van der Waals surface area contributed by atoms with E-state index < -0.39 is 18.1 Å². The van der Waals surface area contributed by atoms with E-state index in [2.05, 4.69) is 5.16 Å². The minimum atomic E-state index is -1.27. The van der Waals surface area contributed by atoms with Crippen LogP contribution in [-0.4, -0.2) is 44.8 Å². The van der Waals surface area contributed by atoms with Crippen LogP contribution in [0.3, 0.4) is 0 Å². The summed E-state index contributed by atoms with van der Waals surface area (Å²) in [5.41, 5.74) is 0.491. The first-order valence-corrected chi connectivity index (χ1v) is 10.8. The third kappa shape index (κ3) is 6.23. The van der Waals surface area contributed by atoms with E-state index in [0.29, 0.717) is 42.3 Å². The Kier molecular flexibility index (Phi) is 8.26. The van der Waals surface area contributed by atoms with Gasteiger partial charge in [0.15, 0.2) is 17.7 Å². The number of aromatic nitrogens is 1. The van der Waals surface area contributed by atoms with Crippen LogP contribution in [0, 0.1) is 0 Å². The Morgan fingerprint density at radius 1 is 1.09 bits per heavy atom. The van der Waals surface area contributed by atoms with Crippen LogP contribution in [0.2, 0.25) is 0 Å². The second-order valence-corrected chi connectivity index (χ2v) is 7.82. The van der Waals surface area contributed by atoms with Crippen LogP contribution in [0.4, 0.5) is 0 Å². The van der Waals surface area contributed by atoms with Crippen LogP contribution in [0.5, 0.6) is 5.75 Å². The SMILES string of the molecule is CC(C)N(C(=O)c1cc(-c2ccco2)on1)C(O)c1ccccc1OCCCCCC(=O)O. The number of hydrogen-bond donors (Lipinski definition) is 2. The van der Waals surface area contributed by atoms with Gasteiger partial charge in [-0.25, -0.2) is 0 Å². The summed E-state index contributed by atoms with van der Waals surface area (Å²) in [6.45, 7) is 3.95. The monoisotopic (exact) mass is 456 g/mol. The number of carbonyl (C=O) groups excluding carboxylic acids is 1. The van der Waals surface area contributed by atoms with Crippen molar-refractivity contribution in [2.75, 3.05) is 6.61 Å². The number of carbonyl (C=O) groups is 2. The van der Waals surface area contributed by atoms with Gasteiger partial charge < -0.3 is 28.8 Å². The molecule has 0 aliphatic rings. The largest absolute Gasteiger partial charge is 0.493 e. The van der Waals surface area contributed by atoms with Crippen molar-refractivity contribution in [2.24, 2.45) is 0 Å². The van der Waals surface area contributed by atoms with Gasteiger partial charge in [-0.2, -0.15) is 0 Å². The summed E-state index contributed by atoms with van der Waals surface area (Å²) < 4.78 is 16.3. The number of furan rings is 1. The molecule has 9 nitrogen and oxygen atoms in total. The van der Waals surface area contributed by atoms with E-state index in [9.17, 15) is 14.7 Å². The number of rotatable bonds is 12. The Balaban J connectivity index is 1.71. The van der Waals surface area contributed by atoms with Gasteiger partial charge in [0, 0.05) is 24.1 Å². The molecule has 0 spiro atoms. The highest BCUT2D eigenvalue weighted by Gasteiger charge is 2.31. The van der Waals surface area contributed by atoms with Gasteiger partial charge in [0.25, 0.3) is 5.91 Å². The summed E-state index contributed by atoms with van der Waals surface area (Å²) in [5.74, 6) is -0.0969. The van der Waals surface area contributed by atoms with Crippen molar-refractivity contribution in [1.82, 2.24) is 10.1 Å². The summed E-state index contributed by atoms with van der Waals surface area (Å²) in [6.07, 6.45) is 2.33. The highest BCUT2D eigenvalue weighted by Crippen LogP contribution is 2.31. The molecule has 2 heterocycles. The fourth-order valence-corrected chi connectivity index (χ4v) is 3.38. The summed E-state index contributed by atoms with van der Waals surface area (Å²) in [7, 11) is 0. The standard InChI is InChI=1S/C24H28N2O7/c1-16(2)26(24(30)18-15-21(33-25-18)20-11-8-14-32-20)23(29)17-9-5-6-10-19(17)31-13-7-3-4-12-22(27)28/h5-6,8-11,14-16,23,29H,3-4,7,12-13H2,1-2H3,(H,27,28). The number of hydrogen-bond acceptors (Lipinski definition) is 7. The number of nitrogens with zero attached hydrogens (tertiary/aromatic N) is 2. The molecule has 0 saturated heterocycles. The van der Waals surface area contributed by atoms with Crippen molar-refractivity contribution in [3.05, 3.63) is 60.0 Å². The first kappa shape index (κ1) is 24.1. The van der Waals surface area contributed by atoms with E-state index in [4.69, 9.17) is 18.8 Å². The van der Waals surface area contributed by atoms with Gasteiger partial charge in [-0.3, -0.25) is 9.59 Å². The lowest BCUT2D eigenvalue weighted by molar-refractivity contribution is -0.137. The van der Waals surface area contributed by atoms with Crippen molar-refractivity contribution in [3.8, 4) is 17.3 Å². The van der Waals surface area contributed by atoms with E-state index in [1.807, 2.05) is 0 Å². The molecule has 0 radical (unpaired) electrons. The summed E-state index contributed by atoms with van der Waals surface area (Å²) in [6, 6.07) is 11.5. The molecule has 176 valence electrons. The predicted octanol–water partition coefficient (Wildman–Crippen LogP) is 4.50. The summed E-state index contributed by atoms with van der Waals surface area (Å²) in [4.78, 5) is 25.1. The number of ether oxygens (including phenoxy) is 1. The van der Waals surface area contributed by atoms with Crippen molar-refractivity contribution in [3.63, 3.8) is 0 Å². The van der Waals surface area contributed by atoms with Gasteiger partial charge in [0.05, 0.1) is 12.9 Å². The molecule has 2 aromatic heterocycles. The minimum Gasteiger partial charge on any atom is -0.493 e. The predicted molar refractivity (Wildman–Crippen MR) is 119 cm³/mol. The molecular weight excluding hydrogens is 428 g/mol. The van der Waals surface area contributed by atoms with Crippen LogP contribution in [-0.2, 0) is 4.79 Å². The van der Waals surface area contributed by atoms with Gasteiger partial charge in [-0.05, 0) is 51.3 Å². The molecule has 1 atom stereocenters. The van der Waals surface area contributed by atoms with Gasteiger partial charge in [0.1, 0.15) is 5.75 Å². The average Bonchev–Trinajstić information content (AvgIpc) is 3.48. The molecule has 0 bridgehead atoms. The Labute approximate surface area is 191 Å². The van der Waals surface area contributed by atoms with E-state index in [-0.39, 0.29) is 18.2 Å². The summed E-state index contributed by atoms with van der Waals surface area (Å²) in [5, 5.41) is 23.7. The van der Waals surface area contributed by atoms with Gasteiger partial charge in [-0.15, -0.1) is 0 Å². The molecule has 33 heavy (non-hydrogen) atoms. The number of benzene rings is 1. The number of aliphatic hydroxyl groups excluding tert-OH is 1. The molecule has 1 aromatic carbocycles. The third-order valence-electron chi connectivity index (χ3n) is 5.04. The average molecular weight is 456 g/mol. The zero-order valence-corrected chi connectivity index (χ0v) is 18.6. The number of para-hydroxylation sites is 1. The van der Waals surface area contributed by atoms with Crippen molar-refractivity contribution in [2.45, 2.75) is 51.8 Å². The first-order chi connectivity index (χ1) is 15.9. The molecule has 0 aliphatic heterocycles. The van der Waals surface area contributed by atoms with E-state index in [0.717, 1.165) is 6.42 Å². The highest BCUT2D eigenvalue weighted by molar-refractivity contribution is 5.93. The van der Waals surface area contributed by atoms with E-state index in [1.165, 1.54) is 17.2 Å². The number of carboxylic acid groups (broad SMARTS) is 1. The number of carboxylic acids is 1. The molecular formula is C24H28N2O7. The lowest BCUT2D eigenvalue weighted by Gasteiger charge is -2.32. The second-order valence-electron chi connectivity index (χ2n) is 7.82. The number of aliphatic carboxylic acids is 1. The van der Waals surface area contributed by atoms with Crippen molar-refractivity contribution < 1.29 is 33.5 Å². The van der Waals surface area contributed by atoms with Crippen LogP contribution in [0.15, 0.2) is 57.7 Å². The fourth-order valence-electron chi connectivity index (χ4n) is 3.38. The fraction of sp³-hybridized carbons (Fsp3) is 0.375. The van der Waals surface area contributed by atoms with Crippen LogP contribution in [0.25, 0.3) is 11.5 Å². The smallest absolute Gasteiger partial charge is 0.303 e. The minimum absolute atomic E-state index is 0.0472. The Bertz CT molecular complexity index is 1040. The Morgan fingerprint density at radius 3 is 2.58 bits per heavy atom. The number of aliphatic hydroxyl groups is 1. The molecule has 0 fully saturated rings.